The molecule has 6 nitrogen and oxygen atoms in total. The predicted octanol–water partition coefficient (Wildman–Crippen LogP) is 1.73. The molecule has 0 aliphatic carbocycles. The van der Waals surface area contributed by atoms with Crippen LogP contribution in [0.25, 0.3) is 0 Å². The summed E-state index contributed by atoms with van der Waals surface area (Å²) in [6.07, 6.45) is -0.543. The molecule has 0 bridgehead atoms. The lowest BCUT2D eigenvalue weighted by Gasteiger charge is -2.32. The number of nitrogens with zero attached hydrogens (tertiary/aromatic N) is 2. The van der Waals surface area contributed by atoms with E-state index in [1.807, 2.05) is 44.2 Å². The maximum Gasteiger partial charge on any atom is 0.410 e. The van der Waals surface area contributed by atoms with E-state index in [9.17, 15) is 9.59 Å². The molecule has 0 unspecified atom stereocenters. The molecule has 0 aromatic heterocycles. The molecule has 0 aliphatic rings. The molecule has 0 aliphatic heterocycles. The van der Waals surface area contributed by atoms with Crippen molar-refractivity contribution in [2.45, 2.75) is 26.5 Å². The van der Waals surface area contributed by atoms with E-state index in [0.717, 1.165) is 5.56 Å². The minimum Gasteiger partial charge on any atom is -0.445 e. The average Bonchev–Trinajstić information content (AvgIpc) is 2.53. The van der Waals surface area contributed by atoms with E-state index >= 15 is 0 Å². The zero-order valence-electron chi connectivity index (χ0n) is 14.2. The van der Waals surface area contributed by atoms with Crippen molar-refractivity contribution in [1.29, 1.82) is 0 Å². The van der Waals surface area contributed by atoms with Crippen molar-refractivity contribution in [1.82, 2.24) is 9.80 Å². The van der Waals surface area contributed by atoms with E-state index in [2.05, 4.69) is 0 Å². The molecule has 23 heavy (non-hydrogen) atoms. The molecule has 2 amide bonds. The summed E-state index contributed by atoms with van der Waals surface area (Å²) in [4.78, 5) is 27.4. The first-order valence-corrected chi connectivity index (χ1v) is 7.67. The number of likely N-dealkylation sites (N-methyl/N-ethyl adjacent to an activating group) is 2. The summed E-state index contributed by atoms with van der Waals surface area (Å²) in [5, 5.41) is 8.96. The second-order valence-corrected chi connectivity index (χ2v) is 5.82. The molecule has 0 saturated carbocycles. The molecule has 1 aromatic carbocycles. The number of carbonyl (C=O) groups excluding carboxylic acids is 2. The molecular formula is C17H26N2O4. The van der Waals surface area contributed by atoms with Gasteiger partial charge in [-0.15, -0.1) is 0 Å². The number of hydrogen-bond donors (Lipinski definition) is 1. The molecule has 0 fully saturated rings. The molecule has 1 aromatic rings. The molecule has 1 atom stereocenters. The van der Waals surface area contributed by atoms with E-state index < -0.39 is 12.1 Å². The lowest BCUT2D eigenvalue weighted by Crippen LogP contribution is -2.51. The number of amides is 2. The van der Waals surface area contributed by atoms with E-state index in [1.54, 1.807) is 14.1 Å². The molecule has 0 radical (unpaired) electrons. The van der Waals surface area contributed by atoms with Crippen LogP contribution < -0.4 is 0 Å². The van der Waals surface area contributed by atoms with Gasteiger partial charge in [0.15, 0.2) is 0 Å². The summed E-state index contributed by atoms with van der Waals surface area (Å²) < 4.78 is 5.28. The van der Waals surface area contributed by atoms with Crippen LogP contribution in [0.15, 0.2) is 30.3 Å². The molecule has 0 spiro atoms. The highest BCUT2D eigenvalue weighted by atomic mass is 16.6. The number of hydrogen-bond acceptors (Lipinski definition) is 4. The van der Waals surface area contributed by atoms with Crippen molar-refractivity contribution in [3.63, 3.8) is 0 Å². The van der Waals surface area contributed by atoms with Gasteiger partial charge in [0.1, 0.15) is 12.6 Å². The summed E-state index contributed by atoms with van der Waals surface area (Å²) in [7, 11) is 3.17. The minimum absolute atomic E-state index is 0.0714. The first-order chi connectivity index (χ1) is 10.9. The van der Waals surface area contributed by atoms with Crippen molar-refractivity contribution in [3.05, 3.63) is 35.9 Å². The van der Waals surface area contributed by atoms with Gasteiger partial charge in [-0.05, 0) is 11.5 Å². The Bertz CT molecular complexity index is 505. The molecule has 6 heteroatoms. The molecule has 1 rings (SSSR count). The smallest absolute Gasteiger partial charge is 0.410 e. The van der Waals surface area contributed by atoms with E-state index in [1.165, 1.54) is 9.80 Å². The van der Waals surface area contributed by atoms with Crippen LogP contribution in [0.2, 0.25) is 0 Å². The normalized spacial score (nSPS) is 11.9. The quantitative estimate of drug-likeness (QED) is 0.830. The Kier molecular flexibility index (Phi) is 7.54. The maximum atomic E-state index is 12.5. The van der Waals surface area contributed by atoms with Gasteiger partial charge in [-0.3, -0.25) is 9.69 Å². The lowest BCUT2D eigenvalue weighted by molar-refractivity contribution is -0.136. The third-order valence-electron chi connectivity index (χ3n) is 3.61. The van der Waals surface area contributed by atoms with Crippen LogP contribution in [0.3, 0.4) is 0 Å². The Labute approximate surface area is 137 Å². The van der Waals surface area contributed by atoms with Crippen LogP contribution >= 0.6 is 0 Å². The van der Waals surface area contributed by atoms with Gasteiger partial charge in [-0.1, -0.05) is 44.2 Å². The average molecular weight is 322 g/mol. The van der Waals surface area contributed by atoms with Gasteiger partial charge in [-0.25, -0.2) is 4.79 Å². The molecular weight excluding hydrogens is 296 g/mol. The fraction of sp³-hybridized carbons (Fsp3) is 0.529. The number of aliphatic hydroxyl groups is 1. The third-order valence-corrected chi connectivity index (χ3v) is 3.61. The number of aliphatic hydroxyl groups excluding tert-OH is 1. The largest absolute Gasteiger partial charge is 0.445 e. The number of rotatable bonds is 7. The summed E-state index contributed by atoms with van der Waals surface area (Å²) >= 11 is 0. The lowest BCUT2D eigenvalue weighted by atomic mass is 10.0. The summed E-state index contributed by atoms with van der Waals surface area (Å²) in [6, 6.07) is 8.74. The fourth-order valence-corrected chi connectivity index (χ4v) is 2.32. The van der Waals surface area contributed by atoms with Crippen LogP contribution in [0.4, 0.5) is 4.79 Å². The Morgan fingerprint density at radius 2 is 1.78 bits per heavy atom. The van der Waals surface area contributed by atoms with Crippen molar-refractivity contribution in [2.75, 3.05) is 27.2 Å². The Morgan fingerprint density at radius 1 is 1.17 bits per heavy atom. The zero-order valence-corrected chi connectivity index (χ0v) is 14.2. The summed E-state index contributed by atoms with van der Waals surface area (Å²) in [6.45, 7) is 4.02. The standard InChI is InChI=1S/C17H26N2O4/c1-13(2)15(16(21)18(3)10-11-20)19(4)17(22)23-12-14-8-6-5-7-9-14/h5-9,13,15,20H,10-12H2,1-4H3/t15-/m0/s1. The fourth-order valence-electron chi connectivity index (χ4n) is 2.32. The first kappa shape index (κ1) is 19.0. The molecule has 0 saturated heterocycles. The maximum absolute atomic E-state index is 12.5. The molecule has 128 valence electrons. The van der Waals surface area contributed by atoms with Crippen LogP contribution in [0.5, 0.6) is 0 Å². The van der Waals surface area contributed by atoms with Crippen LogP contribution in [0.1, 0.15) is 19.4 Å². The number of benzene rings is 1. The monoisotopic (exact) mass is 322 g/mol. The van der Waals surface area contributed by atoms with E-state index in [0.29, 0.717) is 0 Å². The highest BCUT2D eigenvalue weighted by Crippen LogP contribution is 2.14. The van der Waals surface area contributed by atoms with E-state index in [4.69, 9.17) is 9.84 Å². The second kappa shape index (κ2) is 9.15. The van der Waals surface area contributed by atoms with Gasteiger partial charge in [0.05, 0.1) is 6.61 Å². The number of carbonyl (C=O) groups is 2. The molecule has 1 N–H and O–H groups in total. The highest BCUT2D eigenvalue weighted by Gasteiger charge is 2.32. The van der Waals surface area contributed by atoms with Crippen molar-refractivity contribution in [3.8, 4) is 0 Å². The minimum atomic E-state index is -0.630. The Balaban J connectivity index is 2.70. The zero-order chi connectivity index (χ0) is 17.4. The predicted molar refractivity (Wildman–Crippen MR) is 87.7 cm³/mol. The highest BCUT2D eigenvalue weighted by molar-refractivity contribution is 5.85. The van der Waals surface area contributed by atoms with E-state index in [-0.39, 0.29) is 31.6 Å². The van der Waals surface area contributed by atoms with Gasteiger partial charge in [0.2, 0.25) is 5.91 Å². The van der Waals surface area contributed by atoms with Gasteiger partial charge >= 0.3 is 6.09 Å². The van der Waals surface area contributed by atoms with Gasteiger partial charge < -0.3 is 14.7 Å². The summed E-state index contributed by atoms with van der Waals surface area (Å²) in [5.74, 6) is -0.286. The van der Waals surface area contributed by atoms with Crippen LogP contribution in [-0.2, 0) is 16.1 Å². The van der Waals surface area contributed by atoms with Crippen molar-refractivity contribution < 1.29 is 19.4 Å². The number of ether oxygens (including phenoxy) is 1. The first-order valence-electron chi connectivity index (χ1n) is 7.67. The van der Waals surface area contributed by atoms with Crippen molar-refractivity contribution >= 4 is 12.0 Å². The summed E-state index contributed by atoms with van der Waals surface area (Å²) in [5.41, 5.74) is 0.888. The second-order valence-electron chi connectivity index (χ2n) is 5.82. The molecule has 0 heterocycles. The van der Waals surface area contributed by atoms with Gasteiger partial charge in [0, 0.05) is 20.6 Å². The van der Waals surface area contributed by atoms with Crippen LogP contribution in [0, 0.1) is 5.92 Å². The van der Waals surface area contributed by atoms with Crippen molar-refractivity contribution in [2.24, 2.45) is 5.92 Å². The third kappa shape index (κ3) is 5.56. The Morgan fingerprint density at radius 3 is 2.30 bits per heavy atom. The van der Waals surface area contributed by atoms with Gasteiger partial charge in [-0.2, -0.15) is 0 Å². The van der Waals surface area contributed by atoms with Gasteiger partial charge in [0.25, 0.3) is 0 Å². The topological polar surface area (TPSA) is 70.1 Å². The Hall–Kier alpha value is -2.08. The SMILES string of the molecule is CC(C)[C@@H](C(=O)N(C)CCO)N(C)C(=O)OCc1ccccc1. The van der Waals surface area contributed by atoms with Crippen LogP contribution in [-0.4, -0.2) is 60.2 Å².